The van der Waals surface area contributed by atoms with Gasteiger partial charge >= 0.3 is 0 Å². The average Bonchev–Trinajstić information content (AvgIpc) is 2.94. The lowest BCUT2D eigenvalue weighted by Gasteiger charge is -2.19. The molecule has 1 unspecified atom stereocenters. The van der Waals surface area contributed by atoms with E-state index in [0.717, 1.165) is 19.1 Å². The average molecular weight is 248 g/mol. The van der Waals surface area contributed by atoms with Crippen molar-refractivity contribution in [3.05, 3.63) is 24.0 Å². The molecule has 1 saturated heterocycles. The summed E-state index contributed by atoms with van der Waals surface area (Å²) in [6.45, 7) is 6.38. The minimum Gasteiger partial charge on any atom is -0.370 e. The first-order valence-electron chi connectivity index (χ1n) is 7.17. The summed E-state index contributed by atoms with van der Waals surface area (Å²) >= 11 is 0. The molecular weight excluding hydrogens is 224 g/mol. The highest BCUT2D eigenvalue weighted by Gasteiger charge is 2.31. The summed E-state index contributed by atoms with van der Waals surface area (Å²) < 4.78 is 8.31. The van der Waals surface area contributed by atoms with Crippen LogP contribution in [0.4, 0.5) is 0 Å². The molecule has 3 nitrogen and oxygen atoms in total. The fourth-order valence-electron chi connectivity index (χ4n) is 2.70. The lowest BCUT2D eigenvalue weighted by molar-refractivity contribution is -0.0216. The zero-order chi connectivity index (χ0) is 12.6. The van der Waals surface area contributed by atoms with Gasteiger partial charge in [0.1, 0.15) is 0 Å². The Labute approximate surface area is 110 Å². The second kappa shape index (κ2) is 4.71. The van der Waals surface area contributed by atoms with Crippen molar-refractivity contribution in [1.82, 2.24) is 9.88 Å². The van der Waals surface area contributed by atoms with Crippen molar-refractivity contribution in [3.63, 3.8) is 0 Å². The monoisotopic (exact) mass is 248 g/mol. The predicted octanol–water partition coefficient (Wildman–Crippen LogP) is 2.70. The number of hydrogen-bond donors (Lipinski definition) is 1. The molecule has 100 valence electrons. The zero-order valence-electron chi connectivity index (χ0n) is 11.5. The fraction of sp³-hybridized carbons (Fsp3) is 0.733. The van der Waals surface area contributed by atoms with Crippen molar-refractivity contribution in [3.8, 4) is 0 Å². The number of hydrogen-bond acceptors (Lipinski definition) is 2. The van der Waals surface area contributed by atoms with E-state index < -0.39 is 0 Å². The highest BCUT2D eigenvalue weighted by Crippen LogP contribution is 2.30. The molecule has 1 aliphatic heterocycles. The molecule has 0 amide bonds. The molecule has 2 heterocycles. The number of rotatable bonds is 5. The van der Waals surface area contributed by atoms with Crippen molar-refractivity contribution in [2.75, 3.05) is 0 Å². The van der Waals surface area contributed by atoms with Crippen LogP contribution in [0, 0.1) is 0 Å². The maximum Gasteiger partial charge on any atom is 0.0762 e. The van der Waals surface area contributed by atoms with E-state index in [-0.39, 0.29) is 5.60 Å². The Morgan fingerprint density at radius 2 is 2.22 bits per heavy atom. The Kier molecular flexibility index (Phi) is 3.20. The van der Waals surface area contributed by atoms with Crippen molar-refractivity contribution in [2.45, 2.75) is 70.4 Å². The topological polar surface area (TPSA) is 26.2 Å². The quantitative estimate of drug-likeness (QED) is 0.867. The third-order valence-electron chi connectivity index (χ3n) is 3.95. The summed E-state index contributed by atoms with van der Waals surface area (Å²) in [5.41, 5.74) is 1.47. The smallest absolute Gasteiger partial charge is 0.0762 e. The van der Waals surface area contributed by atoms with E-state index in [2.05, 4.69) is 42.2 Å². The molecule has 3 rings (SSSR count). The van der Waals surface area contributed by atoms with Crippen molar-refractivity contribution in [2.24, 2.45) is 0 Å². The molecule has 1 atom stereocenters. The summed E-state index contributed by atoms with van der Waals surface area (Å²) in [4.78, 5) is 0. The zero-order valence-corrected chi connectivity index (χ0v) is 11.5. The van der Waals surface area contributed by atoms with E-state index in [1.54, 1.807) is 0 Å². The number of aromatic nitrogens is 1. The van der Waals surface area contributed by atoms with Gasteiger partial charge in [-0.1, -0.05) is 0 Å². The first-order valence-corrected chi connectivity index (χ1v) is 7.17. The lowest BCUT2D eigenvalue weighted by atomic mass is 10.1. The lowest BCUT2D eigenvalue weighted by Crippen LogP contribution is -2.22. The Morgan fingerprint density at radius 3 is 2.89 bits per heavy atom. The summed E-state index contributed by atoms with van der Waals surface area (Å²) in [6.07, 6.45) is 9.88. The standard InChI is InChI=1S/C15H24N2O/c1-15(2)7-5-14(18-15)11-17-8-6-12(10-17)9-16-13-3-4-13/h6,8,10,13-14,16H,3-5,7,9,11H2,1-2H3. The van der Waals surface area contributed by atoms with Gasteiger partial charge in [-0.2, -0.15) is 0 Å². The van der Waals surface area contributed by atoms with Gasteiger partial charge in [0.2, 0.25) is 0 Å². The Bertz CT molecular complexity index is 406. The number of nitrogens with one attached hydrogen (secondary N) is 1. The minimum absolute atomic E-state index is 0.0776. The van der Waals surface area contributed by atoms with Gasteiger partial charge in [0.15, 0.2) is 0 Å². The molecule has 1 aliphatic carbocycles. The second-order valence-electron chi connectivity index (χ2n) is 6.41. The van der Waals surface area contributed by atoms with Crippen LogP contribution in [0.15, 0.2) is 18.5 Å². The van der Waals surface area contributed by atoms with Crippen molar-refractivity contribution in [1.29, 1.82) is 0 Å². The third kappa shape index (κ3) is 3.15. The first kappa shape index (κ1) is 12.2. The van der Waals surface area contributed by atoms with Gasteiger partial charge < -0.3 is 14.6 Å². The molecule has 0 aromatic carbocycles. The van der Waals surface area contributed by atoms with Crippen LogP contribution in [0.2, 0.25) is 0 Å². The molecule has 1 aromatic heterocycles. The van der Waals surface area contributed by atoms with E-state index in [1.807, 2.05) is 0 Å². The Balaban J connectivity index is 1.50. The molecule has 1 saturated carbocycles. The maximum absolute atomic E-state index is 6.03. The summed E-state index contributed by atoms with van der Waals surface area (Å²) in [6, 6.07) is 3.00. The molecule has 2 aliphatic rings. The van der Waals surface area contributed by atoms with Gasteiger partial charge in [-0.05, 0) is 51.2 Å². The molecule has 3 heteroatoms. The van der Waals surface area contributed by atoms with Crippen molar-refractivity contribution >= 4 is 0 Å². The molecule has 0 bridgehead atoms. The van der Waals surface area contributed by atoms with Gasteiger partial charge in [-0.25, -0.2) is 0 Å². The van der Waals surface area contributed by atoms with Crippen LogP contribution in [0.25, 0.3) is 0 Å². The Hall–Kier alpha value is -0.800. The van der Waals surface area contributed by atoms with Crippen LogP contribution in [0.3, 0.4) is 0 Å². The summed E-state index contributed by atoms with van der Waals surface area (Å²) in [7, 11) is 0. The van der Waals surface area contributed by atoms with Gasteiger partial charge in [-0.3, -0.25) is 0 Å². The van der Waals surface area contributed by atoms with Gasteiger partial charge in [0, 0.05) is 31.5 Å². The van der Waals surface area contributed by atoms with Crippen LogP contribution in [0.1, 0.15) is 45.1 Å². The molecule has 1 aromatic rings. The van der Waals surface area contributed by atoms with Crippen LogP contribution in [-0.2, 0) is 17.8 Å². The van der Waals surface area contributed by atoms with E-state index in [0.29, 0.717) is 6.10 Å². The maximum atomic E-state index is 6.03. The SMILES string of the molecule is CC1(C)CCC(Cn2ccc(CNC3CC3)c2)O1. The van der Waals surface area contributed by atoms with E-state index in [4.69, 9.17) is 4.74 Å². The third-order valence-corrected chi connectivity index (χ3v) is 3.95. The van der Waals surface area contributed by atoms with Gasteiger partial charge in [-0.15, -0.1) is 0 Å². The molecule has 18 heavy (non-hydrogen) atoms. The molecule has 1 N–H and O–H groups in total. The van der Waals surface area contributed by atoms with E-state index >= 15 is 0 Å². The normalized spacial score (nSPS) is 26.7. The van der Waals surface area contributed by atoms with Crippen molar-refractivity contribution < 1.29 is 4.74 Å². The first-order chi connectivity index (χ1) is 8.61. The largest absolute Gasteiger partial charge is 0.370 e. The van der Waals surface area contributed by atoms with Gasteiger partial charge in [0.05, 0.1) is 11.7 Å². The number of ether oxygens (including phenoxy) is 1. The van der Waals surface area contributed by atoms with Crippen LogP contribution in [0.5, 0.6) is 0 Å². The highest BCUT2D eigenvalue weighted by molar-refractivity contribution is 5.10. The van der Waals surface area contributed by atoms with Crippen LogP contribution >= 0.6 is 0 Å². The number of nitrogens with zero attached hydrogens (tertiary/aromatic N) is 1. The van der Waals surface area contributed by atoms with Crippen LogP contribution < -0.4 is 5.32 Å². The predicted molar refractivity (Wildman–Crippen MR) is 72.5 cm³/mol. The van der Waals surface area contributed by atoms with E-state index in [9.17, 15) is 0 Å². The molecule has 0 spiro atoms. The highest BCUT2D eigenvalue weighted by atomic mass is 16.5. The molecule has 2 fully saturated rings. The van der Waals surface area contributed by atoms with E-state index in [1.165, 1.54) is 31.2 Å². The molecule has 0 radical (unpaired) electrons. The Morgan fingerprint density at radius 1 is 1.39 bits per heavy atom. The van der Waals surface area contributed by atoms with Crippen LogP contribution in [-0.4, -0.2) is 22.3 Å². The summed E-state index contributed by atoms with van der Waals surface area (Å²) in [5.74, 6) is 0. The summed E-state index contributed by atoms with van der Waals surface area (Å²) in [5, 5.41) is 3.55. The van der Waals surface area contributed by atoms with Gasteiger partial charge in [0.25, 0.3) is 0 Å². The second-order valence-corrected chi connectivity index (χ2v) is 6.41. The fourth-order valence-corrected chi connectivity index (χ4v) is 2.70. The minimum atomic E-state index is 0.0776. The molecular formula is C15H24N2O.